The molecule has 2 aromatic rings. The van der Waals surface area contributed by atoms with Gasteiger partial charge in [-0.25, -0.2) is 9.97 Å². The molecule has 0 bridgehead atoms. The lowest BCUT2D eigenvalue weighted by Gasteiger charge is -2.21. The van der Waals surface area contributed by atoms with Gasteiger partial charge < -0.3 is 10.2 Å². The first kappa shape index (κ1) is 17.7. The molecule has 0 aromatic carbocycles. The number of thioether (sulfide) groups is 1. The summed E-state index contributed by atoms with van der Waals surface area (Å²) in [5.74, 6) is 2.84. The van der Waals surface area contributed by atoms with E-state index in [1.165, 1.54) is 0 Å². The van der Waals surface area contributed by atoms with Crippen LogP contribution in [0.3, 0.4) is 0 Å². The minimum absolute atomic E-state index is 0.677. The van der Waals surface area contributed by atoms with Crippen molar-refractivity contribution < 1.29 is 0 Å². The monoisotopic (exact) mass is 353 g/mol. The summed E-state index contributed by atoms with van der Waals surface area (Å²) in [5, 5.41) is 9.42. The van der Waals surface area contributed by atoms with E-state index < -0.39 is 0 Å². The van der Waals surface area contributed by atoms with E-state index in [0.717, 1.165) is 41.4 Å². The molecule has 0 radical (unpaired) electrons. The third kappa shape index (κ3) is 5.83. The van der Waals surface area contributed by atoms with E-state index in [2.05, 4.69) is 37.2 Å². The number of aliphatic imine (C=N–C) groups is 1. The van der Waals surface area contributed by atoms with Crippen LogP contribution in [0.2, 0.25) is 0 Å². The zero-order valence-corrected chi connectivity index (χ0v) is 15.4. The largest absolute Gasteiger partial charge is 0.357 e. The van der Waals surface area contributed by atoms with Crippen LogP contribution in [0.15, 0.2) is 27.2 Å². The minimum atomic E-state index is 0.677. The highest BCUT2D eigenvalue weighted by molar-refractivity contribution is 8.00. The number of hydrogen-bond acceptors (Lipinski definition) is 6. The molecule has 0 unspecified atom stereocenters. The van der Waals surface area contributed by atoms with Crippen LogP contribution in [0, 0.1) is 0 Å². The molecule has 0 saturated heterocycles. The molecule has 0 aliphatic carbocycles. The van der Waals surface area contributed by atoms with Gasteiger partial charge in [-0.15, -0.1) is 11.3 Å². The van der Waals surface area contributed by atoms with Crippen LogP contribution in [-0.4, -0.2) is 56.5 Å². The highest BCUT2D eigenvalue weighted by Gasteiger charge is 2.09. The second-order valence-electron chi connectivity index (χ2n) is 4.89. The van der Waals surface area contributed by atoms with Gasteiger partial charge in [-0.1, -0.05) is 11.8 Å². The number of nitrogens with one attached hydrogen (secondary N) is 1. The zero-order valence-electron chi connectivity index (χ0n) is 13.8. The van der Waals surface area contributed by atoms with Crippen LogP contribution in [0.25, 0.3) is 0 Å². The first-order chi connectivity index (χ1) is 11.2. The Morgan fingerprint density at radius 1 is 1.48 bits per heavy atom. The van der Waals surface area contributed by atoms with Gasteiger partial charge in [-0.05, 0) is 13.3 Å². The van der Waals surface area contributed by atoms with Gasteiger partial charge in [0, 0.05) is 44.5 Å². The Hall–Kier alpha value is -1.61. The molecule has 0 spiro atoms. The third-order valence-electron chi connectivity index (χ3n) is 3.08. The number of rotatable bonds is 8. The Labute approximate surface area is 145 Å². The van der Waals surface area contributed by atoms with Gasteiger partial charge in [0.25, 0.3) is 0 Å². The van der Waals surface area contributed by atoms with Gasteiger partial charge in [-0.3, -0.25) is 9.67 Å². The molecule has 7 nitrogen and oxygen atoms in total. The summed E-state index contributed by atoms with van der Waals surface area (Å²) in [5.41, 5.74) is 0. The maximum absolute atomic E-state index is 4.69. The van der Waals surface area contributed by atoms with Crippen LogP contribution in [0.1, 0.15) is 19.2 Å². The molecule has 2 heterocycles. The first-order valence-corrected chi connectivity index (χ1v) is 9.41. The average molecular weight is 354 g/mol. The number of aryl methyl sites for hydroxylation is 1. The Morgan fingerprint density at radius 3 is 3.00 bits per heavy atom. The lowest BCUT2D eigenvalue weighted by atomic mass is 10.5. The molecular formula is C14H23N7S2. The van der Waals surface area contributed by atoms with Gasteiger partial charge in [0.2, 0.25) is 0 Å². The highest BCUT2D eigenvalue weighted by atomic mass is 32.2. The molecule has 9 heteroatoms. The van der Waals surface area contributed by atoms with Crippen LogP contribution < -0.4 is 5.32 Å². The van der Waals surface area contributed by atoms with Gasteiger partial charge in [-0.2, -0.15) is 5.10 Å². The van der Waals surface area contributed by atoms with Gasteiger partial charge in [0.1, 0.15) is 16.5 Å². The topological polar surface area (TPSA) is 71.2 Å². The fourth-order valence-corrected chi connectivity index (χ4v) is 3.54. The van der Waals surface area contributed by atoms with E-state index in [9.17, 15) is 0 Å². The SMILES string of the molecule is CCNC(=NCCCSc1nccs1)N(C)Cc1ncnn1C. The number of guanidine groups is 1. The average Bonchev–Trinajstić information content (AvgIpc) is 3.18. The molecule has 0 saturated carbocycles. The molecule has 0 aliphatic rings. The van der Waals surface area contributed by atoms with Crippen molar-refractivity contribution in [2.75, 3.05) is 25.9 Å². The maximum atomic E-state index is 4.69. The van der Waals surface area contributed by atoms with Gasteiger partial charge in [0.05, 0.1) is 6.54 Å². The highest BCUT2D eigenvalue weighted by Crippen LogP contribution is 2.20. The van der Waals surface area contributed by atoms with E-state index in [-0.39, 0.29) is 0 Å². The Morgan fingerprint density at radius 2 is 2.35 bits per heavy atom. The summed E-state index contributed by atoms with van der Waals surface area (Å²) in [6.45, 7) is 4.39. The van der Waals surface area contributed by atoms with E-state index in [4.69, 9.17) is 0 Å². The molecule has 126 valence electrons. The Bertz CT molecular complexity index is 594. The zero-order chi connectivity index (χ0) is 16.5. The summed E-state index contributed by atoms with van der Waals surface area (Å²) in [7, 11) is 3.91. The molecule has 2 rings (SSSR count). The molecule has 0 atom stereocenters. The number of aromatic nitrogens is 4. The third-order valence-corrected chi connectivity index (χ3v) is 5.13. The Balaban J connectivity index is 1.80. The lowest BCUT2D eigenvalue weighted by molar-refractivity contribution is 0.448. The van der Waals surface area contributed by atoms with E-state index >= 15 is 0 Å². The van der Waals surface area contributed by atoms with Crippen molar-refractivity contribution in [3.8, 4) is 0 Å². The fraction of sp³-hybridized carbons (Fsp3) is 0.571. The van der Waals surface area contributed by atoms with Crippen molar-refractivity contribution >= 4 is 29.1 Å². The van der Waals surface area contributed by atoms with Crippen LogP contribution in [0.4, 0.5) is 0 Å². The predicted octanol–water partition coefficient (Wildman–Crippen LogP) is 1.85. The normalized spacial score (nSPS) is 11.7. The van der Waals surface area contributed by atoms with Crippen molar-refractivity contribution in [1.82, 2.24) is 30.0 Å². The second kappa shape index (κ2) is 9.51. The maximum Gasteiger partial charge on any atom is 0.194 e. The van der Waals surface area contributed by atoms with E-state index in [0.29, 0.717) is 6.54 Å². The standard InChI is InChI=1S/C14H23N7S2/c1-4-15-13(20(2)10-12-18-11-19-21(12)3)16-6-5-8-22-14-17-7-9-23-14/h7,9,11H,4-6,8,10H2,1-3H3,(H,15,16). The molecule has 0 amide bonds. The summed E-state index contributed by atoms with van der Waals surface area (Å²) >= 11 is 3.47. The van der Waals surface area contributed by atoms with E-state index in [1.54, 1.807) is 34.1 Å². The molecule has 0 fully saturated rings. The van der Waals surface area contributed by atoms with Crippen molar-refractivity contribution in [2.24, 2.45) is 12.0 Å². The van der Waals surface area contributed by atoms with Crippen molar-refractivity contribution in [1.29, 1.82) is 0 Å². The lowest BCUT2D eigenvalue weighted by Crippen LogP contribution is -2.39. The molecule has 23 heavy (non-hydrogen) atoms. The summed E-state index contributed by atoms with van der Waals surface area (Å²) < 4.78 is 2.91. The van der Waals surface area contributed by atoms with Crippen molar-refractivity contribution in [3.63, 3.8) is 0 Å². The minimum Gasteiger partial charge on any atom is -0.357 e. The fourth-order valence-electron chi connectivity index (χ4n) is 1.91. The number of nitrogens with zero attached hydrogens (tertiary/aromatic N) is 6. The number of hydrogen-bond donors (Lipinski definition) is 1. The summed E-state index contributed by atoms with van der Waals surface area (Å²) in [4.78, 5) is 15.3. The first-order valence-electron chi connectivity index (χ1n) is 7.55. The number of thiazole rings is 1. The molecule has 2 aromatic heterocycles. The van der Waals surface area contributed by atoms with Gasteiger partial charge in [0.15, 0.2) is 5.96 Å². The molecular weight excluding hydrogens is 330 g/mol. The quantitative estimate of drug-likeness (QED) is 0.338. The van der Waals surface area contributed by atoms with Crippen molar-refractivity contribution in [3.05, 3.63) is 23.7 Å². The summed E-state index contributed by atoms with van der Waals surface area (Å²) in [6, 6.07) is 0. The van der Waals surface area contributed by atoms with Crippen molar-refractivity contribution in [2.45, 2.75) is 24.2 Å². The van der Waals surface area contributed by atoms with Crippen LogP contribution in [-0.2, 0) is 13.6 Å². The predicted molar refractivity (Wildman–Crippen MR) is 95.9 cm³/mol. The smallest absolute Gasteiger partial charge is 0.194 e. The van der Waals surface area contributed by atoms with Crippen LogP contribution >= 0.6 is 23.1 Å². The molecule has 0 aliphatic heterocycles. The molecule has 1 N–H and O–H groups in total. The van der Waals surface area contributed by atoms with E-state index in [1.807, 2.05) is 25.7 Å². The summed E-state index contributed by atoms with van der Waals surface area (Å²) in [6.07, 6.45) is 4.44. The Kier molecular flexibility index (Phi) is 7.34. The van der Waals surface area contributed by atoms with Gasteiger partial charge >= 0.3 is 0 Å². The second-order valence-corrected chi connectivity index (χ2v) is 7.13. The van der Waals surface area contributed by atoms with Crippen LogP contribution in [0.5, 0.6) is 0 Å².